The first-order valence-corrected chi connectivity index (χ1v) is 9.78. The van der Waals surface area contributed by atoms with Crippen molar-refractivity contribution < 1.29 is 14.3 Å². The van der Waals surface area contributed by atoms with E-state index in [0.29, 0.717) is 19.8 Å². The van der Waals surface area contributed by atoms with Crippen LogP contribution in [0.25, 0.3) is 0 Å². The van der Waals surface area contributed by atoms with Crippen LogP contribution in [0.15, 0.2) is 54.6 Å². The summed E-state index contributed by atoms with van der Waals surface area (Å²) in [6.07, 6.45) is 0. The van der Waals surface area contributed by atoms with Crippen LogP contribution in [0.3, 0.4) is 0 Å². The van der Waals surface area contributed by atoms with E-state index in [9.17, 15) is 9.59 Å². The Morgan fingerprint density at radius 2 is 1.72 bits per heavy atom. The smallest absolute Gasteiger partial charge is 0.321 e. The van der Waals surface area contributed by atoms with Crippen molar-refractivity contribution in [2.45, 2.75) is 12.6 Å². The number of anilines is 1. The molecule has 0 aliphatic carbocycles. The lowest BCUT2D eigenvalue weighted by molar-refractivity contribution is -0.125. The molecule has 0 radical (unpaired) electrons. The number of ether oxygens (including phenoxy) is 1. The SMILES string of the molecule is CNC(=O)NC(=O)C(c1ccccc1)N(C)Cc1ccccc1N1CCOCC1. The normalized spacial score (nSPS) is 15.1. The second kappa shape index (κ2) is 10.0. The highest BCUT2D eigenvalue weighted by atomic mass is 16.5. The number of carbonyl (C=O) groups excluding carboxylic acids is 2. The summed E-state index contributed by atoms with van der Waals surface area (Å²) in [5, 5.41) is 4.85. The monoisotopic (exact) mass is 396 g/mol. The maximum Gasteiger partial charge on any atom is 0.321 e. The lowest BCUT2D eigenvalue weighted by Crippen LogP contribution is -2.44. The van der Waals surface area contributed by atoms with Crippen molar-refractivity contribution in [3.05, 3.63) is 65.7 Å². The van der Waals surface area contributed by atoms with E-state index in [-0.39, 0.29) is 5.91 Å². The molecule has 1 atom stereocenters. The fourth-order valence-corrected chi connectivity index (χ4v) is 3.60. The van der Waals surface area contributed by atoms with E-state index in [1.807, 2.05) is 54.4 Å². The summed E-state index contributed by atoms with van der Waals surface area (Å²) in [6, 6.07) is 16.6. The molecule has 0 bridgehead atoms. The molecule has 7 heteroatoms. The first-order chi connectivity index (χ1) is 14.1. The zero-order valence-corrected chi connectivity index (χ0v) is 16.9. The summed E-state index contributed by atoms with van der Waals surface area (Å²) >= 11 is 0. The van der Waals surface area contributed by atoms with Crippen LogP contribution in [-0.4, -0.2) is 57.2 Å². The number of morpholine rings is 1. The Morgan fingerprint density at radius 3 is 2.41 bits per heavy atom. The minimum atomic E-state index is -0.591. The quantitative estimate of drug-likeness (QED) is 0.783. The molecule has 1 aliphatic rings. The molecule has 1 fully saturated rings. The summed E-state index contributed by atoms with van der Waals surface area (Å²) in [5.41, 5.74) is 3.12. The van der Waals surface area contributed by atoms with Gasteiger partial charge in [0, 0.05) is 32.4 Å². The Hall–Kier alpha value is -2.90. The van der Waals surface area contributed by atoms with E-state index < -0.39 is 12.1 Å². The first-order valence-electron chi connectivity index (χ1n) is 9.78. The van der Waals surface area contributed by atoms with Gasteiger partial charge in [0.05, 0.1) is 13.2 Å². The molecule has 7 nitrogen and oxygen atoms in total. The first kappa shape index (κ1) is 20.8. The molecule has 1 aliphatic heterocycles. The molecule has 3 rings (SSSR count). The predicted molar refractivity (Wildman–Crippen MR) is 113 cm³/mol. The van der Waals surface area contributed by atoms with Gasteiger partial charge in [0.2, 0.25) is 5.91 Å². The lowest BCUT2D eigenvalue weighted by Gasteiger charge is -2.33. The van der Waals surface area contributed by atoms with Gasteiger partial charge in [-0.2, -0.15) is 0 Å². The molecule has 0 aromatic heterocycles. The Kier molecular flexibility index (Phi) is 7.21. The standard InChI is InChI=1S/C22H28N4O3/c1-23-22(28)24-21(27)20(17-8-4-3-5-9-17)25(2)16-18-10-6-7-11-19(18)26-12-14-29-15-13-26/h3-11,20H,12-16H2,1-2H3,(H2,23,24,27,28). The van der Waals surface area contributed by atoms with E-state index in [1.54, 1.807) is 0 Å². The van der Waals surface area contributed by atoms with Crippen molar-refractivity contribution in [3.63, 3.8) is 0 Å². The zero-order chi connectivity index (χ0) is 20.6. The molecular weight excluding hydrogens is 368 g/mol. The maximum atomic E-state index is 12.9. The molecule has 3 amide bonds. The van der Waals surface area contributed by atoms with E-state index in [4.69, 9.17) is 4.74 Å². The summed E-state index contributed by atoms with van der Waals surface area (Å²) in [4.78, 5) is 28.9. The van der Waals surface area contributed by atoms with Gasteiger partial charge in [0.1, 0.15) is 6.04 Å². The van der Waals surface area contributed by atoms with Gasteiger partial charge in [0.25, 0.3) is 0 Å². The van der Waals surface area contributed by atoms with Gasteiger partial charge < -0.3 is 15.0 Å². The van der Waals surface area contributed by atoms with Crippen molar-refractivity contribution in [3.8, 4) is 0 Å². The minimum absolute atomic E-state index is 0.359. The summed E-state index contributed by atoms with van der Waals surface area (Å²) < 4.78 is 5.47. The summed E-state index contributed by atoms with van der Waals surface area (Å²) in [5.74, 6) is -0.359. The van der Waals surface area contributed by atoms with Crippen LogP contribution in [0.2, 0.25) is 0 Å². The number of nitrogens with zero attached hydrogens (tertiary/aromatic N) is 2. The maximum absolute atomic E-state index is 12.9. The molecule has 2 aromatic rings. The number of hydrogen-bond acceptors (Lipinski definition) is 5. The number of urea groups is 1. The zero-order valence-electron chi connectivity index (χ0n) is 16.9. The molecule has 0 saturated carbocycles. The van der Waals surface area contributed by atoms with Gasteiger partial charge >= 0.3 is 6.03 Å². The Bertz CT molecular complexity index is 822. The van der Waals surface area contributed by atoms with Crippen LogP contribution in [0, 0.1) is 0 Å². The van der Waals surface area contributed by atoms with Gasteiger partial charge in [-0.15, -0.1) is 0 Å². The lowest BCUT2D eigenvalue weighted by atomic mass is 10.0. The third kappa shape index (κ3) is 5.34. The highest BCUT2D eigenvalue weighted by molar-refractivity contribution is 5.97. The number of para-hydroxylation sites is 1. The number of imide groups is 1. The molecule has 1 unspecified atom stereocenters. The molecule has 1 heterocycles. The van der Waals surface area contributed by atoms with Crippen LogP contribution < -0.4 is 15.5 Å². The predicted octanol–water partition coefficient (Wildman–Crippen LogP) is 2.15. The number of benzene rings is 2. The number of likely N-dealkylation sites (N-methyl/N-ethyl adjacent to an activating group) is 1. The number of amides is 3. The van der Waals surface area contributed by atoms with Gasteiger partial charge in [-0.1, -0.05) is 48.5 Å². The highest BCUT2D eigenvalue weighted by Gasteiger charge is 2.27. The van der Waals surface area contributed by atoms with Gasteiger partial charge in [-0.3, -0.25) is 15.0 Å². The van der Waals surface area contributed by atoms with E-state index >= 15 is 0 Å². The molecule has 0 spiro atoms. The van der Waals surface area contributed by atoms with Crippen molar-refractivity contribution in [1.29, 1.82) is 0 Å². The molecule has 154 valence electrons. The molecule has 2 aromatic carbocycles. The third-order valence-electron chi connectivity index (χ3n) is 5.03. The average Bonchev–Trinajstić information content (AvgIpc) is 2.75. The Labute approximate surface area is 171 Å². The van der Waals surface area contributed by atoms with Crippen LogP contribution in [0.1, 0.15) is 17.2 Å². The summed E-state index contributed by atoms with van der Waals surface area (Å²) in [7, 11) is 3.39. The molecule has 29 heavy (non-hydrogen) atoms. The van der Waals surface area contributed by atoms with Crippen LogP contribution >= 0.6 is 0 Å². The van der Waals surface area contributed by atoms with Gasteiger partial charge in [-0.25, -0.2) is 4.79 Å². The summed E-state index contributed by atoms with van der Waals surface area (Å²) in [6.45, 7) is 3.69. The topological polar surface area (TPSA) is 73.9 Å². The third-order valence-corrected chi connectivity index (χ3v) is 5.03. The number of carbonyl (C=O) groups is 2. The fraction of sp³-hybridized carbons (Fsp3) is 0.364. The van der Waals surface area contributed by atoms with Crippen molar-refractivity contribution in [2.24, 2.45) is 0 Å². The number of hydrogen-bond donors (Lipinski definition) is 2. The molecule has 2 N–H and O–H groups in total. The largest absolute Gasteiger partial charge is 0.378 e. The van der Waals surface area contributed by atoms with Gasteiger partial charge in [-0.05, 0) is 24.2 Å². The molecule has 1 saturated heterocycles. The van der Waals surface area contributed by atoms with Crippen molar-refractivity contribution >= 4 is 17.6 Å². The van der Waals surface area contributed by atoms with Crippen LogP contribution in [-0.2, 0) is 16.1 Å². The second-order valence-electron chi connectivity index (χ2n) is 7.02. The van der Waals surface area contributed by atoms with E-state index in [0.717, 1.165) is 29.9 Å². The van der Waals surface area contributed by atoms with Crippen molar-refractivity contribution in [2.75, 3.05) is 45.3 Å². The Balaban J connectivity index is 1.84. The number of nitrogens with one attached hydrogen (secondary N) is 2. The van der Waals surface area contributed by atoms with E-state index in [2.05, 4.69) is 27.7 Å². The Morgan fingerprint density at radius 1 is 1.07 bits per heavy atom. The second-order valence-corrected chi connectivity index (χ2v) is 7.02. The minimum Gasteiger partial charge on any atom is -0.378 e. The van der Waals surface area contributed by atoms with E-state index in [1.165, 1.54) is 7.05 Å². The number of rotatable bonds is 6. The van der Waals surface area contributed by atoms with Crippen molar-refractivity contribution in [1.82, 2.24) is 15.5 Å². The average molecular weight is 396 g/mol. The van der Waals surface area contributed by atoms with Gasteiger partial charge in [0.15, 0.2) is 0 Å². The fourth-order valence-electron chi connectivity index (χ4n) is 3.60. The highest BCUT2D eigenvalue weighted by Crippen LogP contribution is 2.27. The van der Waals surface area contributed by atoms with Crippen LogP contribution in [0.5, 0.6) is 0 Å². The van der Waals surface area contributed by atoms with Crippen LogP contribution in [0.4, 0.5) is 10.5 Å². The molecular formula is C22H28N4O3.